The largest absolute Gasteiger partial charge is 0.472 e. The van der Waals surface area contributed by atoms with Crippen LogP contribution >= 0.6 is 15.6 Å². The van der Waals surface area contributed by atoms with E-state index >= 15 is 0 Å². The quantitative estimate of drug-likeness (QED) is 0.0222. The first-order chi connectivity index (χ1) is 49.4. The standard InChI is InChI=1S/C83H162O17P2/c1-7-9-11-13-15-17-19-21-23-25-26-27-28-30-32-36-42-49-55-61-67-82(87)99-78(71-93-80(85)65-59-53-47-41-35-31-29-24-22-20-18-16-14-12-10-8-2)73-97-101(89,90)95-69-77(84)70-96-102(91,92)98-74-79(72-94-81(86)66-60-54-48-44-38-40-46-52-58-64-76(5)6)100-83(88)68-62-56-50-43-37-33-34-39-45-51-57-63-75(3)4/h75-79,84H,7-74H2,1-6H3,(H,89,90)(H,91,92)/t77-,78-,79-/m1/s1. The summed E-state index contributed by atoms with van der Waals surface area (Å²) in [7, 11) is -9.92. The van der Waals surface area contributed by atoms with E-state index in [2.05, 4.69) is 41.5 Å². The number of hydrogen-bond donors (Lipinski definition) is 3. The van der Waals surface area contributed by atoms with Crippen LogP contribution in [0.3, 0.4) is 0 Å². The molecule has 0 aromatic carbocycles. The van der Waals surface area contributed by atoms with Crippen LogP contribution in [0.2, 0.25) is 0 Å². The van der Waals surface area contributed by atoms with Gasteiger partial charge in [-0.15, -0.1) is 0 Å². The van der Waals surface area contributed by atoms with Crippen molar-refractivity contribution in [3.63, 3.8) is 0 Å². The molecule has 102 heavy (non-hydrogen) atoms. The second-order valence-corrected chi connectivity index (χ2v) is 33.7. The zero-order chi connectivity index (χ0) is 74.9. The SMILES string of the molecule is CCCCCCCCCCCCCCCCCCCCCCC(=O)O[C@H](COC(=O)CCCCCCCCCCCCCCCCCC)COP(=O)(O)OC[C@@H](O)COP(=O)(O)OC[C@@H](COC(=O)CCCCCCCCCCCC(C)C)OC(=O)CCCCCCCCCCCCCC(C)C. The summed E-state index contributed by atoms with van der Waals surface area (Å²) in [5.41, 5.74) is 0. The second kappa shape index (κ2) is 74.5. The number of rotatable bonds is 82. The first kappa shape index (κ1) is 100. The zero-order valence-electron chi connectivity index (χ0n) is 66.9. The minimum absolute atomic E-state index is 0.106. The Morgan fingerprint density at radius 3 is 0.667 bits per heavy atom. The maximum absolute atomic E-state index is 13.1. The summed E-state index contributed by atoms with van der Waals surface area (Å²) >= 11 is 0. The summed E-state index contributed by atoms with van der Waals surface area (Å²) in [5.74, 6) is -0.597. The number of esters is 4. The maximum atomic E-state index is 13.1. The van der Waals surface area contributed by atoms with Crippen LogP contribution in [0.5, 0.6) is 0 Å². The molecule has 19 heteroatoms. The highest BCUT2D eigenvalue weighted by Crippen LogP contribution is 2.45. The third kappa shape index (κ3) is 76.3. The first-order valence-corrected chi connectivity index (χ1v) is 46.0. The predicted molar refractivity (Wildman–Crippen MR) is 418 cm³/mol. The number of carbonyl (C=O) groups excluding carboxylic acids is 4. The van der Waals surface area contributed by atoms with Crippen molar-refractivity contribution in [3.05, 3.63) is 0 Å². The first-order valence-electron chi connectivity index (χ1n) is 43.0. The van der Waals surface area contributed by atoms with Gasteiger partial charge >= 0.3 is 39.5 Å². The van der Waals surface area contributed by atoms with Crippen LogP contribution in [0.1, 0.15) is 440 Å². The van der Waals surface area contributed by atoms with Gasteiger partial charge in [-0.25, -0.2) is 9.13 Å². The Balaban J connectivity index is 5.25. The number of phosphoric ester groups is 2. The van der Waals surface area contributed by atoms with Crippen molar-refractivity contribution in [2.45, 2.75) is 458 Å². The Bertz CT molecular complexity index is 1960. The Hall–Kier alpha value is -1.94. The summed E-state index contributed by atoms with van der Waals surface area (Å²) in [6.45, 7) is 9.63. The number of hydrogen-bond acceptors (Lipinski definition) is 15. The fourth-order valence-corrected chi connectivity index (χ4v) is 14.5. The lowest BCUT2D eigenvalue weighted by atomic mass is 10.0. The Labute approximate surface area is 626 Å². The molecule has 0 aromatic heterocycles. The van der Waals surface area contributed by atoms with Gasteiger partial charge in [-0.2, -0.15) is 0 Å². The van der Waals surface area contributed by atoms with Gasteiger partial charge in [-0.1, -0.05) is 388 Å². The Morgan fingerprint density at radius 1 is 0.265 bits per heavy atom. The second-order valence-electron chi connectivity index (χ2n) is 30.8. The summed E-state index contributed by atoms with van der Waals surface area (Å²) in [4.78, 5) is 73.1. The minimum Gasteiger partial charge on any atom is -0.462 e. The van der Waals surface area contributed by atoms with E-state index < -0.39 is 97.5 Å². The van der Waals surface area contributed by atoms with Crippen LogP contribution in [0, 0.1) is 11.8 Å². The molecule has 0 aliphatic heterocycles. The lowest BCUT2D eigenvalue weighted by Crippen LogP contribution is -2.30. The van der Waals surface area contributed by atoms with Crippen molar-refractivity contribution in [2.75, 3.05) is 39.6 Å². The van der Waals surface area contributed by atoms with E-state index in [1.807, 2.05) is 0 Å². The Morgan fingerprint density at radius 2 is 0.451 bits per heavy atom. The smallest absolute Gasteiger partial charge is 0.462 e. The van der Waals surface area contributed by atoms with Crippen molar-refractivity contribution in [2.24, 2.45) is 11.8 Å². The average Bonchev–Trinajstić information content (AvgIpc) is 0.912. The van der Waals surface area contributed by atoms with Gasteiger partial charge in [0.15, 0.2) is 12.2 Å². The monoisotopic (exact) mass is 1490 g/mol. The summed E-state index contributed by atoms with van der Waals surface area (Å²) in [5, 5.41) is 10.7. The molecule has 0 aliphatic carbocycles. The van der Waals surface area contributed by atoms with Gasteiger partial charge in [-0.05, 0) is 37.5 Å². The molecule has 0 aliphatic rings. The summed E-state index contributed by atoms with van der Waals surface area (Å²) < 4.78 is 68.8. The van der Waals surface area contributed by atoms with Crippen molar-refractivity contribution in [1.29, 1.82) is 0 Å². The highest BCUT2D eigenvalue weighted by atomic mass is 31.2. The molecule has 3 N–H and O–H groups in total. The fourth-order valence-electron chi connectivity index (χ4n) is 12.9. The van der Waals surface area contributed by atoms with E-state index in [4.69, 9.17) is 37.0 Å². The van der Waals surface area contributed by atoms with Gasteiger partial charge in [0.1, 0.15) is 19.3 Å². The van der Waals surface area contributed by atoms with E-state index in [0.717, 1.165) is 102 Å². The van der Waals surface area contributed by atoms with E-state index in [9.17, 15) is 43.2 Å². The van der Waals surface area contributed by atoms with Crippen LogP contribution in [0.25, 0.3) is 0 Å². The molecule has 0 aromatic rings. The van der Waals surface area contributed by atoms with Gasteiger partial charge in [0.25, 0.3) is 0 Å². The summed E-state index contributed by atoms with van der Waals surface area (Å²) in [6.07, 6.45) is 65.2. The number of aliphatic hydroxyl groups is 1. The molecular weight excluding hydrogens is 1330 g/mol. The van der Waals surface area contributed by atoms with Crippen LogP contribution in [0.4, 0.5) is 0 Å². The third-order valence-corrected chi connectivity index (χ3v) is 21.4. The van der Waals surface area contributed by atoms with E-state index in [1.165, 1.54) is 257 Å². The molecule has 0 spiro atoms. The number of aliphatic hydroxyl groups excluding tert-OH is 1. The molecular formula is C83H162O17P2. The predicted octanol–water partition coefficient (Wildman–Crippen LogP) is 25.1. The number of phosphoric acid groups is 2. The number of unbranched alkanes of at least 4 members (excludes halogenated alkanes) is 52. The highest BCUT2D eigenvalue weighted by Gasteiger charge is 2.30. The molecule has 0 heterocycles. The van der Waals surface area contributed by atoms with Crippen molar-refractivity contribution < 1.29 is 80.2 Å². The topological polar surface area (TPSA) is 237 Å². The lowest BCUT2D eigenvalue weighted by molar-refractivity contribution is -0.161. The van der Waals surface area contributed by atoms with Crippen LogP contribution in [-0.2, 0) is 65.4 Å². The molecule has 606 valence electrons. The number of ether oxygens (including phenoxy) is 4. The van der Waals surface area contributed by atoms with Gasteiger partial charge in [-0.3, -0.25) is 37.3 Å². The maximum Gasteiger partial charge on any atom is 0.472 e. The van der Waals surface area contributed by atoms with Gasteiger partial charge in [0.05, 0.1) is 26.4 Å². The summed E-state index contributed by atoms with van der Waals surface area (Å²) in [6, 6.07) is 0. The molecule has 0 fully saturated rings. The molecule has 5 atom stereocenters. The van der Waals surface area contributed by atoms with Crippen molar-refractivity contribution in [1.82, 2.24) is 0 Å². The minimum atomic E-state index is -4.96. The Kier molecular flexibility index (Phi) is 73.1. The molecule has 17 nitrogen and oxygen atoms in total. The average molecular weight is 1490 g/mol. The van der Waals surface area contributed by atoms with Gasteiger partial charge < -0.3 is 33.8 Å². The van der Waals surface area contributed by atoms with Crippen LogP contribution < -0.4 is 0 Å². The van der Waals surface area contributed by atoms with Crippen molar-refractivity contribution in [3.8, 4) is 0 Å². The molecule has 0 bridgehead atoms. The van der Waals surface area contributed by atoms with Crippen LogP contribution in [-0.4, -0.2) is 96.7 Å². The molecule has 2 unspecified atom stereocenters. The fraction of sp³-hybridized carbons (Fsp3) is 0.952. The lowest BCUT2D eigenvalue weighted by Gasteiger charge is -2.21. The molecule has 0 saturated heterocycles. The molecule has 0 rings (SSSR count). The third-order valence-electron chi connectivity index (χ3n) is 19.5. The van der Waals surface area contributed by atoms with Gasteiger partial charge in [0, 0.05) is 25.7 Å². The molecule has 0 amide bonds. The van der Waals surface area contributed by atoms with Gasteiger partial charge in [0.2, 0.25) is 0 Å². The van der Waals surface area contributed by atoms with E-state index in [1.54, 1.807) is 0 Å². The van der Waals surface area contributed by atoms with Crippen LogP contribution in [0.15, 0.2) is 0 Å². The normalized spacial score (nSPS) is 13.9. The molecule has 0 saturated carbocycles. The van der Waals surface area contributed by atoms with E-state index in [0.29, 0.717) is 25.7 Å². The zero-order valence-corrected chi connectivity index (χ0v) is 68.7. The highest BCUT2D eigenvalue weighted by molar-refractivity contribution is 7.47. The number of carbonyl (C=O) groups is 4. The molecule has 0 radical (unpaired) electrons. The van der Waals surface area contributed by atoms with E-state index in [-0.39, 0.29) is 25.7 Å². The van der Waals surface area contributed by atoms with Crippen molar-refractivity contribution >= 4 is 39.5 Å².